The summed E-state index contributed by atoms with van der Waals surface area (Å²) in [5.74, 6) is 0.947. The molecule has 0 radical (unpaired) electrons. The Bertz CT molecular complexity index is 959. The van der Waals surface area contributed by atoms with Gasteiger partial charge in [0.25, 0.3) is 0 Å². The van der Waals surface area contributed by atoms with E-state index < -0.39 is 5.41 Å². The molecule has 1 heterocycles. The Kier molecular flexibility index (Phi) is 6.23. The first-order valence-electron chi connectivity index (χ1n) is 11.1. The highest BCUT2D eigenvalue weighted by molar-refractivity contribution is 5.91. The maximum Gasteiger partial charge on any atom is 0.232 e. The summed E-state index contributed by atoms with van der Waals surface area (Å²) >= 11 is 0. The Balaban J connectivity index is 1.60. The molecule has 2 N–H and O–H groups in total. The monoisotopic (exact) mass is 416 g/mol. The molecule has 31 heavy (non-hydrogen) atoms. The van der Waals surface area contributed by atoms with Gasteiger partial charge in [-0.05, 0) is 50.3 Å². The van der Waals surface area contributed by atoms with Gasteiger partial charge in [-0.1, -0.05) is 60.7 Å². The first-order valence-corrected chi connectivity index (χ1v) is 11.1. The highest BCUT2D eigenvalue weighted by Gasteiger charge is 2.50. The zero-order chi connectivity index (χ0) is 21.8. The molecular formula is C26H32N4O. The third-order valence-corrected chi connectivity index (χ3v) is 7.10. The van der Waals surface area contributed by atoms with Gasteiger partial charge in [-0.25, -0.2) is 4.98 Å². The second-order valence-corrected chi connectivity index (χ2v) is 8.72. The smallest absolute Gasteiger partial charge is 0.232 e. The van der Waals surface area contributed by atoms with Gasteiger partial charge < -0.3 is 15.2 Å². The fourth-order valence-electron chi connectivity index (χ4n) is 5.37. The molecule has 1 saturated carbocycles. The van der Waals surface area contributed by atoms with Crippen molar-refractivity contribution in [3.63, 3.8) is 0 Å². The van der Waals surface area contributed by atoms with Gasteiger partial charge in [0.2, 0.25) is 5.91 Å². The van der Waals surface area contributed by atoms with Gasteiger partial charge >= 0.3 is 0 Å². The summed E-state index contributed by atoms with van der Waals surface area (Å²) in [5.41, 5.74) is 7.40. The molecule has 1 aromatic heterocycles. The predicted octanol–water partition coefficient (Wildman–Crippen LogP) is 3.76. The maximum atomic E-state index is 13.2. The number of aryl methyl sites for hydroxylation is 1. The number of amides is 1. The summed E-state index contributed by atoms with van der Waals surface area (Å²) in [4.78, 5) is 20.0. The molecule has 5 heteroatoms. The van der Waals surface area contributed by atoms with Crippen molar-refractivity contribution in [1.29, 1.82) is 0 Å². The Morgan fingerprint density at radius 1 is 1.10 bits per heavy atom. The molecule has 1 aliphatic carbocycles. The van der Waals surface area contributed by atoms with Crippen molar-refractivity contribution < 1.29 is 4.79 Å². The van der Waals surface area contributed by atoms with Gasteiger partial charge in [0, 0.05) is 31.5 Å². The summed E-state index contributed by atoms with van der Waals surface area (Å²) in [5, 5.41) is 0. The minimum absolute atomic E-state index is 0.164. The van der Waals surface area contributed by atoms with Crippen LogP contribution in [0.2, 0.25) is 0 Å². The Labute approximate surface area is 184 Å². The van der Waals surface area contributed by atoms with Crippen LogP contribution in [0.3, 0.4) is 0 Å². The van der Waals surface area contributed by atoms with Crippen LogP contribution in [-0.2, 0) is 16.8 Å². The minimum Gasteiger partial charge on any atom is -0.369 e. The molecule has 0 spiro atoms. The number of aromatic nitrogens is 2. The molecule has 4 rings (SSSR count). The molecule has 3 aromatic rings. The third-order valence-electron chi connectivity index (χ3n) is 7.10. The van der Waals surface area contributed by atoms with Gasteiger partial charge in [0.05, 0.1) is 0 Å². The van der Waals surface area contributed by atoms with E-state index in [2.05, 4.69) is 45.8 Å². The number of nitrogens with zero attached hydrogens (tertiary/aromatic N) is 3. The summed E-state index contributed by atoms with van der Waals surface area (Å²) in [6.45, 7) is 3.91. The van der Waals surface area contributed by atoms with Crippen LogP contribution in [0.1, 0.15) is 36.2 Å². The molecule has 1 amide bonds. The van der Waals surface area contributed by atoms with Gasteiger partial charge in [-0.15, -0.1) is 0 Å². The fourth-order valence-corrected chi connectivity index (χ4v) is 5.37. The van der Waals surface area contributed by atoms with Crippen LogP contribution < -0.4 is 5.73 Å². The van der Waals surface area contributed by atoms with E-state index in [0.29, 0.717) is 6.04 Å². The van der Waals surface area contributed by atoms with Crippen molar-refractivity contribution in [3.05, 3.63) is 90.0 Å². The van der Waals surface area contributed by atoms with Gasteiger partial charge in [0.1, 0.15) is 11.2 Å². The summed E-state index contributed by atoms with van der Waals surface area (Å²) in [7, 11) is 2.19. The zero-order valence-corrected chi connectivity index (χ0v) is 18.4. The third kappa shape index (κ3) is 4.02. The molecule has 2 unspecified atom stereocenters. The fraction of sp³-hybridized carbons (Fsp3) is 0.385. The van der Waals surface area contributed by atoms with Crippen molar-refractivity contribution in [1.82, 2.24) is 14.5 Å². The average molecular weight is 417 g/mol. The highest BCUT2D eigenvalue weighted by Crippen LogP contribution is 2.47. The van der Waals surface area contributed by atoms with Gasteiger partial charge in [-0.2, -0.15) is 0 Å². The number of benzene rings is 2. The predicted molar refractivity (Wildman–Crippen MR) is 124 cm³/mol. The number of carbonyl (C=O) groups excluding carboxylic acids is 1. The number of nitrogens with two attached hydrogens (primary N) is 1. The highest BCUT2D eigenvalue weighted by atomic mass is 16.1. The number of imidazole rings is 1. The van der Waals surface area contributed by atoms with Crippen molar-refractivity contribution in [3.8, 4) is 0 Å². The lowest BCUT2D eigenvalue weighted by Gasteiger charge is -2.38. The molecule has 0 aliphatic heterocycles. The molecule has 1 fully saturated rings. The first-order chi connectivity index (χ1) is 15.0. The van der Waals surface area contributed by atoms with E-state index in [-0.39, 0.29) is 11.8 Å². The molecule has 162 valence electrons. The molecule has 2 aromatic carbocycles. The van der Waals surface area contributed by atoms with E-state index in [1.807, 2.05) is 55.7 Å². The van der Waals surface area contributed by atoms with Gasteiger partial charge in [-0.3, -0.25) is 4.79 Å². The van der Waals surface area contributed by atoms with E-state index in [4.69, 9.17) is 5.73 Å². The second kappa shape index (κ2) is 9.06. The van der Waals surface area contributed by atoms with Crippen LogP contribution >= 0.6 is 0 Å². The first kappa shape index (κ1) is 21.3. The quantitative estimate of drug-likeness (QED) is 0.608. The Morgan fingerprint density at radius 2 is 1.71 bits per heavy atom. The summed E-state index contributed by atoms with van der Waals surface area (Å²) in [6, 6.07) is 20.6. The number of carbonyl (C=O) groups is 1. The van der Waals surface area contributed by atoms with Crippen molar-refractivity contribution in [2.24, 2.45) is 11.7 Å². The molecular weight excluding hydrogens is 384 g/mol. The normalized spacial score (nSPS) is 19.1. The standard InChI is InChI=1S/C26H32N4O/c1-20-28-15-16-30(20)18-17-29(2)24-14-13-23(19-24)26(25(27)31,21-9-5-3-6-10-21)22-11-7-4-8-12-22/h3-12,15-16,23-24H,13-14,17-19H2,1-2H3,(H2,27,31). The van der Waals surface area contributed by atoms with E-state index >= 15 is 0 Å². The Morgan fingerprint density at radius 3 is 2.23 bits per heavy atom. The van der Waals surface area contributed by atoms with Crippen LogP contribution in [0.25, 0.3) is 0 Å². The molecule has 0 bridgehead atoms. The number of hydrogen-bond acceptors (Lipinski definition) is 3. The van der Waals surface area contributed by atoms with Crippen LogP contribution in [0.15, 0.2) is 73.1 Å². The molecule has 5 nitrogen and oxygen atoms in total. The Hall–Kier alpha value is -2.92. The van der Waals surface area contributed by atoms with E-state index in [0.717, 1.165) is 49.3 Å². The zero-order valence-electron chi connectivity index (χ0n) is 18.4. The van der Waals surface area contributed by atoms with Crippen LogP contribution in [0.4, 0.5) is 0 Å². The molecule has 0 saturated heterocycles. The second-order valence-electron chi connectivity index (χ2n) is 8.72. The van der Waals surface area contributed by atoms with E-state index in [1.165, 1.54) is 0 Å². The van der Waals surface area contributed by atoms with E-state index in [9.17, 15) is 4.79 Å². The number of primary amides is 1. The maximum absolute atomic E-state index is 13.2. The lowest BCUT2D eigenvalue weighted by atomic mass is 9.64. The summed E-state index contributed by atoms with van der Waals surface area (Å²) < 4.78 is 2.19. The topological polar surface area (TPSA) is 64.2 Å². The lowest BCUT2D eigenvalue weighted by Crippen LogP contribution is -2.48. The van der Waals surface area contributed by atoms with Crippen molar-refractivity contribution in [2.45, 2.75) is 44.2 Å². The SMILES string of the molecule is Cc1nccn1CCN(C)C1CCC(C(C(N)=O)(c2ccccc2)c2ccccc2)C1. The molecule has 2 atom stereocenters. The van der Waals surface area contributed by atoms with Crippen LogP contribution in [0, 0.1) is 12.8 Å². The molecule has 1 aliphatic rings. The average Bonchev–Trinajstić information content (AvgIpc) is 3.44. The number of hydrogen-bond donors (Lipinski definition) is 1. The lowest BCUT2D eigenvalue weighted by molar-refractivity contribution is -0.123. The van der Waals surface area contributed by atoms with E-state index in [1.54, 1.807) is 0 Å². The van der Waals surface area contributed by atoms with Gasteiger partial charge in [0.15, 0.2) is 0 Å². The van der Waals surface area contributed by atoms with Crippen LogP contribution in [0.5, 0.6) is 0 Å². The largest absolute Gasteiger partial charge is 0.369 e. The van der Waals surface area contributed by atoms with Crippen LogP contribution in [-0.4, -0.2) is 40.0 Å². The summed E-state index contributed by atoms with van der Waals surface area (Å²) in [6.07, 6.45) is 6.88. The number of likely N-dealkylation sites (N-methyl/N-ethyl adjacent to an activating group) is 1. The van der Waals surface area contributed by atoms with Crippen molar-refractivity contribution in [2.75, 3.05) is 13.6 Å². The minimum atomic E-state index is -0.807. The van der Waals surface area contributed by atoms with Crippen molar-refractivity contribution >= 4 is 5.91 Å². The number of rotatable bonds is 8.